The number of rotatable bonds is 3. The van der Waals surface area contributed by atoms with Crippen LogP contribution in [-0.4, -0.2) is 29.0 Å². The molecule has 0 saturated carbocycles. The molecule has 4 nitrogen and oxygen atoms in total. The average molecular weight is 234 g/mol. The Hall–Kier alpha value is -1.55. The second kappa shape index (κ2) is 4.37. The van der Waals surface area contributed by atoms with Gasteiger partial charge < -0.3 is 10.8 Å². The summed E-state index contributed by atoms with van der Waals surface area (Å²) in [6, 6.07) is 7.20. The van der Waals surface area contributed by atoms with Crippen LogP contribution in [-0.2, 0) is 11.3 Å². The van der Waals surface area contributed by atoms with Crippen molar-refractivity contribution < 1.29 is 9.90 Å². The minimum Gasteiger partial charge on any atom is -0.508 e. The number of carbonyl (C=O) groups is 1. The number of amides is 1. The van der Waals surface area contributed by atoms with Gasteiger partial charge in [0, 0.05) is 13.1 Å². The van der Waals surface area contributed by atoms with Gasteiger partial charge in [0.1, 0.15) is 5.75 Å². The zero-order valence-electron chi connectivity index (χ0n) is 10.0. The van der Waals surface area contributed by atoms with Crippen LogP contribution in [0.5, 0.6) is 5.75 Å². The number of benzene rings is 1. The summed E-state index contributed by atoms with van der Waals surface area (Å²) in [5, 5.41) is 9.39. The zero-order chi connectivity index (χ0) is 12.5. The van der Waals surface area contributed by atoms with Crippen molar-refractivity contribution in [1.82, 2.24) is 4.90 Å². The third kappa shape index (κ3) is 2.58. The van der Waals surface area contributed by atoms with E-state index in [2.05, 4.69) is 4.90 Å². The predicted octanol–water partition coefficient (Wildman–Crippen LogP) is 1.09. The Morgan fingerprint density at radius 2 is 2.35 bits per heavy atom. The van der Waals surface area contributed by atoms with Gasteiger partial charge in [-0.15, -0.1) is 0 Å². The van der Waals surface area contributed by atoms with Crippen LogP contribution < -0.4 is 5.73 Å². The first-order chi connectivity index (χ1) is 7.99. The Labute approximate surface area is 101 Å². The van der Waals surface area contributed by atoms with E-state index in [4.69, 9.17) is 5.73 Å². The fourth-order valence-electron chi connectivity index (χ4n) is 2.31. The number of hydrogen-bond acceptors (Lipinski definition) is 3. The number of nitrogens with zero attached hydrogens (tertiary/aromatic N) is 1. The monoisotopic (exact) mass is 234 g/mol. The van der Waals surface area contributed by atoms with E-state index >= 15 is 0 Å². The van der Waals surface area contributed by atoms with Gasteiger partial charge in [0.15, 0.2) is 0 Å². The molecule has 1 unspecified atom stereocenters. The van der Waals surface area contributed by atoms with E-state index < -0.39 is 5.41 Å². The topological polar surface area (TPSA) is 66.6 Å². The molecule has 1 aliphatic heterocycles. The third-order valence-electron chi connectivity index (χ3n) is 3.46. The van der Waals surface area contributed by atoms with E-state index in [1.54, 1.807) is 12.1 Å². The molecule has 0 spiro atoms. The summed E-state index contributed by atoms with van der Waals surface area (Å²) in [7, 11) is 0. The van der Waals surface area contributed by atoms with Crippen LogP contribution in [0.4, 0.5) is 0 Å². The van der Waals surface area contributed by atoms with Crippen molar-refractivity contribution in [3.8, 4) is 5.75 Å². The van der Waals surface area contributed by atoms with Crippen LogP contribution >= 0.6 is 0 Å². The molecule has 0 aromatic heterocycles. The van der Waals surface area contributed by atoms with Gasteiger partial charge in [-0.1, -0.05) is 12.1 Å². The second-order valence-corrected chi connectivity index (χ2v) is 5.06. The van der Waals surface area contributed by atoms with Crippen molar-refractivity contribution in [3.05, 3.63) is 29.8 Å². The molecular weight excluding hydrogens is 216 g/mol. The standard InChI is InChI=1S/C13H18N2O2/c1-13(12(14)17)5-6-15(9-13)8-10-3-2-4-11(16)7-10/h2-4,7,16H,5-6,8-9H2,1H3,(H2,14,17). The van der Waals surface area contributed by atoms with Crippen LogP contribution in [0, 0.1) is 5.41 Å². The molecule has 17 heavy (non-hydrogen) atoms. The quantitative estimate of drug-likeness (QED) is 0.822. The van der Waals surface area contributed by atoms with E-state index in [0.717, 1.165) is 25.1 Å². The van der Waals surface area contributed by atoms with Crippen LogP contribution in [0.15, 0.2) is 24.3 Å². The average Bonchev–Trinajstić information content (AvgIpc) is 2.61. The summed E-state index contributed by atoms with van der Waals surface area (Å²) >= 11 is 0. The van der Waals surface area contributed by atoms with Gasteiger partial charge in [0.05, 0.1) is 5.41 Å². The molecule has 1 aromatic rings. The molecule has 1 heterocycles. The first-order valence-corrected chi connectivity index (χ1v) is 5.80. The first-order valence-electron chi connectivity index (χ1n) is 5.80. The van der Waals surface area contributed by atoms with E-state index in [1.807, 2.05) is 19.1 Å². The van der Waals surface area contributed by atoms with Crippen molar-refractivity contribution in [2.75, 3.05) is 13.1 Å². The first kappa shape index (κ1) is 11.9. The van der Waals surface area contributed by atoms with Crippen LogP contribution in [0.3, 0.4) is 0 Å². The molecule has 2 rings (SSSR count). The van der Waals surface area contributed by atoms with Gasteiger partial charge in [0.2, 0.25) is 5.91 Å². The van der Waals surface area contributed by atoms with E-state index in [-0.39, 0.29) is 11.7 Å². The molecule has 0 bridgehead atoms. The van der Waals surface area contributed by atoms with Crippen molar-refractivity contribution >= 4 is 5.91 Å². The molecule has 3 N–H and O–H groups in total. The van der Waals surface area contributed by atoms with E-state index in [9.17, 15) is 9.90 Å². The smallest absolute Gasteiger partial charge is 0.224 e. The molecule has 1 fully saturated rings. The fraction of sp³-hybridized carbons (Fsp3) is 0.462. The highest BCUT2D eigenvalue weighted by atomic mass is 16.3. The maximum Gasteiger partial charge on any atom is 0.224 e. The maximum atomic E-state index is 11.3. The van der Waals surface area contributed by atoms with Crippen molar-refractivity contribution in [3.63, 3.8) is 0 Å². The molecule has 1 saturated heterocycles. The van der Waals surface area contributed by atoms with E-state index in [1.165, 1.54) is 0 Å². The highest BCUT2D eigenvalue weighted by Gasteiger charge is 2.38. The lowest BCUT2D eigenvalue weighted by Gasteiger charge is -2.21. The Kier molecular flexibility index (Phi) is 3.07. The summed E-state index contributed by atoms with van der Waals surface area (Å²) in [6.07, 6.45) is 0.807. The van der Waals surface area contributed by atoms with Gasteiger partial charge >= 0.3 is 0 Å². The van der Waals surface area contributed by atoms with E-state index in [0.29, 0.717) is 6.54 Å². The molecule has 92 valence electrons. The molecule has 0 radical (unpaired) electrons. The van der Waals surface area contributed by atoms with Gasteiger partial charge in [-0.05, 0) is 37.6 Å². The summed E-state index contributed by atoms with van der Waals surface area (Å²) in [4.78, 5) is 13.5. The molecule has 0 aliphatic carbocycles. The Bertz CT molecular complexity index is 433. The molecular formula is C13H18N2O2. The highest BCUT2D eigenvalue weighted by molar-refractivity contribution is 5.81. The molecule has 1 aliphatic rings. The minimum absolute atomic E-state index is 0.226. The Morgan fingerprint density at radius 3 is 2.94 bits per heavy atom. The highest BCUT2D eigenvalue weighted by Crippen LogP contribution is 2.30. The zero-order valence-corrected chi connectivity index (χ0v) is 10.0. The number of nitrogens with two attached hydrogens (primary N) is 1. The largest absolute Gasteiger partial charge is 0.508 e. The molecule has 1 aromatic carbocycles. The van der Waals surface area contributed by atoms with Gasteiger partial charge in [-0.25, -0.2) is 0 Å². The van der Waals surface area contributed by atoms with Crippen molar-refractivity contribution in [1.29, 1.82) is 0 Å². The van der Waals surface area contributed by atoms with Crippen molar-refractivity contribution in [2.24, 2.45) is 11.1 Å². The lowest BCUT2D eigenvalue weighted by Crippen LogP contribution is -2.36. The Morgan fingerprint density at radius 1 is 1.59 bits per heavy atom. The van der Waals surface area contributed by atoms with Crippen molar-refractivity contribution in [2.45, 2.75) is 19.9 Å². The predicted molar refractivity (Wildman–Crippen MR) is 65.3 cm³/mol. The molecule has 1 amide bonds. The number of carbonyl (C=O) groups excluding carboxylic acids is 1. The maximum absolute atomic E-state index is 11.3. The number of aromatic hydroxyl groups is 1. The molecule has 4 heteroatoms. The molecule has 1 atom stereocenters. The van der Waals surface area contributed by atoms with Crippen LogP contribution in [0.1, 0.15) is 18.9 Å². The number of phenolic OH excluding ortho intramolecular Hbond substituents is 1. The van der Waals surface area contributed by atoms with Crippen LogP contribution in [0.25, 0.3) is 0 Å². The Balaban J connectivity index is 2.01. The minimum atomic E-state index is -0.406. The fourth-order valence-corrected chi connectivity index (χ4v) is 2.31. The summed E-state index contributed by atoms with van der Waals surface area (Å²) in [6.45, 7) is 4.22. The lowest BCUT2D eigenvalue weighted by atomic mass is 9.89. The van der Waals surface area contributed by atoms with Gasteiger partial charge in [0.25, 0.3) is 0 Å². The van der Waals surface area contributed by atoms with Gasteiger partial charge in [-0.3, -0.25) is 9.69 Å². The lowest BCUT2D eigenvalue weighted by molar-refractivity contribution is -0.126. The number of likely N-dealkylation sites (tertiary alicyclic amines) is 1. The summed E-state index contributed by atoms with van der Waals surface area (Å²) < 4.78 is 0. The summed E-state index contributed by atoms with van der Waals surface area (Å²) in [5.41, 5.74) is 6.05. The van der Waals surface area contributed by atoms with Gasteiger partial charge in [-0.2, -0.15) is 0 Å². The normalized spacial score (nSPS) is 25.0. The number of hydrogen-bond donors (Lipinski definition) is 2. The number of phenols is 1. The summed E-state index contributed by atoms with van der Waals surface area (Å²) in [5.74, 6) is 0.0512. The SMILES string of the molecule is CC1(C(N)=O)CCN(Cc2cccc(O)c2)C1. The second-order valence-electron chi connectivity index (χ2n) is 5.06. The third-order valence-corrected chi connectivity index (χ3v) is 3.46. The van der Waals surface area contributed by atoms with Crippen LogP contribution in [0.2, 0.25) is 0 Å². The number of primary amides is 1.